The molecular formula is C37H55N5O7. The van der Waals surface area contributed by atoms with Gasteiger partial charge in [0.2, 0.25) is 23.5 Å². The first-order valence-corrected chi connectivity index (χ1v) is 18.5. The van der Waals surface area contributed by atoms with Crippen molar-refractivity contribution in [3.63, 3.8) is 0 Å². The normalized spacial score (nSPS) is 24.6. The van der Waals surface area contributed by atoms with E-state index < -0.39 is 59.0 Å². The first kappa shape index (κ1) is 36.6. The molecule has 1 aromatic rings. The van der Waals surface area contributed by atoms with Crippen LogP contribution in [0.2, 0.25) is 0 Å². The van der Waals surface area contributed by atoms with Gasteiger partial charge in [-0.15, -0.1) is 0 Å². The molecule has 4 fully saturated rings. The summed E-state index contributed by atoms with van der Waals surface area (Å²) in [6.45, 7) is 7.54. The van der Waals surface area contributed by atoms with Crippen molar-refractivity contribution in [3.05, 3.63) is 24.2 Å². The molecule has 2 heterocycles. The lowest BCUT2D eigenvalue weighted by molar-refractivity contribution is -0.147. The molecule has 1 aromatic heterocycles. The Bertz CT molecular complexity index is 1360. The number of ketones is 1. The molecule has 0 bridgehead atoms. The van der Waals surface area contributed by atoms with E-state index in [0.29, 0.717) is 24.8 Å². The van der Waals surface area contributed by atoms with Crippen LogP contribution in [0.3, 0.4) is 0 Å². The minimum Gasteiger partial charge on any atom is -0.472 e. The van der Waals surface area contributed by atoms with E-state index >= 15 is 0 Å². The van der Waals surface area contributed by atoms with Gasteiger partial charge in [-0.05, 0) is 74.7 Å². The predicted molar refractivity (Wildman–Crippen MR) is 182 cm³/mol. The Hall–Kier alpha value is -3.70. The largest absolute Gasteiger partial charge is 0.472 e. The standard InChI is InChI=1S/C37H55N5O7/c1-5-11-26(30(43)35(47)38-25-16-17-25)39-33(45)28-20-23-14-9-10-15-27(23)42(28)36(48)31(37(2,3)4)41-34(46)29(22-12-7-6-8-13-22)40-32(44)24-18-19-49-21-24/h18-19,21-23,25-29,31H,5-17,20H2,1-4H3,(H,38,47)(H,39,45)(H,40,44)(H,41,46)/t23-,26-,27-,28-,29-,31+/m0/s1. The molecule has 1 saturated heterocycles. The Morgan fingerprint density at radius 1 is 0.898 bits per heavy atom. The number of likely N-dealkylation sites (tertiary alicyclic amines) is 1. The molecule has 4 aliphatic rings. The Labute approximate surface area is 289 Å². The van der Waals surface area contributed by atoms with E-state index in [1.165, 1.54) is 12.5 Å². The van der Waals surface area contributed by atoms with E-state index in [1.54, 1.807) is 11.0 Å². The maximum atomic E-state index is 14.8. The molecule has 3 aliphatic carbocycles. The van der Waals surface area contributed by atoms with Gasteiger partial charge >= 0.3 is 0 Å². The number of furan rings is 1. The monoisotopic (exact) mass is 681 g/mol. The average molecular weight is 682 g/mol. The third kappa shape index (κ3) is 8.91. The van der Waals surface area contributed by atoms with Crippen LogP contribution in [0.15, 0.2) is 23.0 Å². The molecule has 3 saturated carbocycles. The Balaban J connectivity index is 1.37. The molecule has 12 heteroatoms. The smallest absolute Gasteiger partial charge is 0.289 e. The molecular weight excluding hydrogens is 626 g/mol. The van der Waals surface area contributed by atoms with Crippen molar-refractivity contribution in [1.29, 1.82) is 0 Å². The van der Waals surface area contributed by atoms with Crippen LogP contribution in [0.1, 0.15) is 128 Å². The summed E-state index contributed by atoms with van der Waals surface area (Å²) < 4.78 is 5.09. The SMILES string of the molecule is CCC[C@H](NC(=O)[C@@H]1C[C@@H]2CCCC[C@@H]2N1C(=O)[C@@H](NC(=O)[C@@H](NC(=O)c1ccoc1)C1CCCCC1)C(C)(C)C)C(=O)C(=O)NC1CC1. The molecule has 0 unspecified atom stereocenters. The van der Waals surface area contributed by atoms with Gasteiger partial charge in [0, 0.05) is 12.1 Å². The second kappa shape index (κ2) is 15.9. The lowest BCUT2D eigenvalue weighted by Gasteiger charge is -2.40. The van der Waals surface area contributed by atoms with Crippen molar-refractivity contribution in [2.24, 2.45) is 17.3 Å². The molecule has 0 spiro atoms. The second-order valence-corrected chi connectivity index (χ2v) is 15.7. The second-order valence-electron chi connectivity index (χ2n) is 15.7. The molecule has 0 aromatic carbocycles. The summed E-state index contributed by atoms with van der Waals surface area (Å²) in [6, 6.07) is -2.26. The number of rotatable bonds is 13. The van der Waals surface area contributed by atoms with Crippen molar-refractivity contribution in [2.45, 2.75) is 154 Å². The van der Waals surface area contributed by atoms with Gasteiger partial charge < -0.3 is 30.6 Å². The topological polar surface area (TPSA) is 167 Å². The summed E-state index contributed by atoms with van der Waals surface area (Å²) in [5, 5.41) is 11.6. The van der Waals surface area contributed by atoms with Crippen molar-refractivity contribution in [1.82, 2.24) is 26.2 Å². The average Bonchev–Trinajstić information content (AvgIpc) is 3.55. The number of fused-ring (bicyclic) bond motifs is 1. The lowest BCUT2D eigenvalue weighted by atomic mass is 9.81. The summed E-state index contributed by atoms with van der Waals surface area (Å²) >= 11 is 0. The fraction of sp³-hybridized carbons (Fsp3) is 0.730. The highest BCUT2D eigenvalue weighted by Gasteiger charge is 2.51. The van der Waals surface area contributed by atoms with Crippen LogP contribution in [-0.4, -0.2) is 76.5 Å². The number of amides is 5. The predicted octanol–water partition coefficient (Wildman–Crippen LogP) is 3.78. The van der Waals surface area contributed by atoms with Crippen molar-refractivity contribution in [3.8, 4) is 0 Å². The summed E-state index contributed by atoms with van der Waals surface area (Å²) in [5.74, 6) is -2.94. The number of hydrogen-bond acceptors (Lipinski definition) is 7. The minimum atomic E-state index is -0.982. The zero-order valence-corrected chi connectivity index (χ0v) is 29.6. The van der Waals surface area contributed by atoms with Crippen LogP contribution in [0.5, 0.6) is 0 Å². The fourth-order valence-electron chi connectivity index (χ4n) is 7.99. The molecule has 1 aliphatic heterocycles. The minimum absolute atomic E-state index is 0.0155. The van der Waals surface area contributed by atoms with Crippen LogP contribution in [0.25, 0.3) is 0 Å². The van der Waals surface area contributed by atoms with Gasteiger partial charge in [0.15, 0.2) is 0 Å². The highest BCUT2D eigenvalue weighted by atomic mass is 16.3. The van der Waals surface area contributed by atoms with E-state index in [4.69, 9.17) is 4.42 Å². The number of nitrogens with zero attached hydrogens (tertiary/aromatic N) is 1. The number of carbonyl (C=O) groups excluding carboxylic acids is 6. The Morgan fingerprint density at radius 2 is 1.59 bits per heavy atom. The van der Waals surface area contributed by atoms with Crippen LogP contribution in [-0.2, 0) is 24.0 Å². The summed E-state index contributed by atoms with van der Waals surface area (Å²) in [7, 11) is 0. The number of Topliss-reactive ketones (excluding diaryl/α,β-unsaturated/α-hetero) is 1. The van der Waals surface area contributed by atoms with E-state index in [-0.39, 0.29) is 29.8 Å². The molecule has 5 rings (SSSR count). The maximum Gasteiger partial charge on any atom is 0.289 e. The van der Waals surface area contributed by atoms with Gasteiger partial charge in [-0.2, -0.15) is 0 Å². The van der Waals surface area contributed by atoms with Gasteiger partial charge in [-0.3, -0.25) is 28.8 Å². The van der Waals surface area contributed by atoms with Crippen LogP contribution in [0.4, 0.5) is 0 Å². The molecule has 270 valence electrons. The molecule has 49 heavy (non-hydrogen) atoms. The highest BCUT2D eigenvalue weighted by Crippen LogP contribution is 2.41. The first-order valence-electron chi connectivity index (χ1n) is 18.5. The molecule has 0 radical (unpaired) electrons. The zero-order chi connectivity index (χ0) is 35.3. The Morgan fingerprint density at radius 3 is 2.22 bits per heavy atom. The quantitative estimate of drug-likeness (QED) is 0.230. The van der Waals surface area contributed by atoms with Gasteiger partial charge in [0.05, 0.1) is 17.9 Å². The number of carbonyl (C=O) groups is 6. The van der Waals surface area contributed by atoms with E-state index in [2.05, 4.69) is 21.3 Å². The first-order chi connectivity index (χ1) is 23.4. The van der Waals surface area contributed by atoms with Crippen LogP contribution >= 0.6 is 0 Å². The highest BCUT2D eigenvalue weighted by molar-refractivity contribution is 6.38. The van der Waals surface area contributed by atoms with Gasteiger partial charge in [0.1, 0.15) is 24.4 Å². The van der Waals surface area contributed by atoms with Crippen molar-refractivity contribution >= 4 is 35.3 Å². The number of nitrogens with one attached hydrogen (secondary N) is 4. The van der Waals surface area contributed by atoms with Crippen LogP contribution < -0.4 is 21.3 Å². The Kier molecular flexibility index (Phi) is 11.9. The van der Waals surface area contributed by atoms with E-state index in [1.807, 2.05) is 27.7 Å². The van der Waals surface area contributed by atoms with Crippen molar-refractivity contribution < 1.29 is 33.2 Å². The van der Waals surface area contributed by atoms with Gasteiger partial charge in [0.25, 0.3) is 11.8 Å². The molecule has 5 amide bonds. The molecule has 12 nitrogen and oxygen atoms in total. The molecule has 6 atom stereocenters. The van der Waals surface area contributed by atoms with Gasteiger partial charge in [-0.1, -0.05) is 66.2 Å². The third-order valence-corrected chi connectivity index (χ3v) is 10.9. The zero-order valence-electron chi connectivity index (χ0n) is 29.6. The summed E-state index contributed by atoms with van der Waals surface area (Å²) in [5.41, 5.74) is -0.412. The third-order valence-electron chi connectivity index (χ3n) is 10.9. The van der Waals surface area contributed by atoms with Crippen LogP contribution in [0, 0.1) is 17.3 Å². The summed E-state index contributed by atoms with van der Waals surface area (Å²) in [6.07, 6.45) is 13.9. The fourth-order valence-corrected chi connectivity index (χ4v) is 7.99. The lowest BCUT2D eigenvalue weighted by Crippen LogP contribution is -2.63. The van der Waals surface area contributed by atoms with Crippen molar-refractivity contribution in [2.75, 3.05) is 0 Å². The molecule has 4 N–H and O–H groups in total. The van der Waals surface area contributed by atoms with E-state index in [0.717, 1.165) is 70.6 Å². The maximum absolute atomic E-state index is 14.8. The number of hydrogen-bond donors (Lipinski definition) is 4. The van der Waals surface area contributed by atoms with E-state index in [9.17, 15) is 28.8 Å². The van der Waals surface area contributed by atoms with Gasteiger partial charge in [-0.25, -0.2) is 0 Å². The summed E-state index contributed by atoms with van der Waals surface area (Å²) in [4.78, 5) is 83.6.